The molecular formula is C21H30OS. The summed E-state index contributed by atoms with van der Waals surface area (Å²) in [6.45, 7) is 2.27. The minimum Gasteiger partial charge on any atom is -0.497 e. The number of ether oxygens (including phenoxy) is 1. The van der Waals surface area contributed by atoms with Crippen LogP contribution in [0.15, 0.2) is 59.5 Å². The van der Waals surface area contributed by atoms with E-state index < -0.39 is 0 Å². The Balaban J connectivity index is 0.000000253. The van der Waals surface area contributed by atoms with Crippen molar-refractivity contribution >= 4 is 12.6 Å². The molecule has 0 aliphatic heterocycles. The quantitative estimate of drug-likeness (QED) is 0.425. The summed E-state index contributed by atoms with van der Waals surface area (Å²) in [5.74, 6) is 0.868. The first kappa shape index (κ1) is 19.6. The maximum absolute atomic E-state index is 4.94. The van der Waals surface area contributed by atoms with Crippen LogP contribution in [0.25, 0.3) is 0 Å². The number of benzene rings is 2. The third-order valence-corrected chi connectivity index (χ3v) is 4.03. The van der Waals surface area contributed by atoms with Gasteiger partial charge in [0.2, 0.25) is 0 Å². The number of hydrogen-bond donors (Lipinski definition) is 1. The second-order valence-corrected chi connectivity index (χ2v) is 6.22. The van der Waals surface area contributed by atoms with E-state index in [4.69, 9.17) is 4.74 Å². The largest absolute Gasteiger partial charge is 0.497 e. The molecule has 0 unspecified atom stereocenters. The molecule has 0 N–H and O–H groups in total. The van der Waals surface area contributed by atoms with Gasteiger partial charge in [0.1, 0.15) is 5.75 Å². The number of unbranched alkanes of at least 4 members (excludes halogenated alkanes) is 5. The molecule has 0 spiro atoms. The Labute approximate surface area is 147 Å². The predicted molar refractivity (Wildman–Crippen MR) is 104 cm³/mol. The van der Waals surface area contributed by atoms with Gasteiger partial charge in [-0.3, -0.25) is 0 Å². The highest BCUT2D eigenvalue weighted by molar-refractivity contribution is 7.80. The fraction of sp³-hybridized carbons (Fsp3) is 0.429. The molecule has 0 fully saturated rings. The summed E-state index contributed by atoms with van der Waals surface area (Å²) in [7, 11) is 1.65. The van der Waals surface area contributed by atoms with Crippen LogP contribution in [0.4, 0.5) is 0 Å². The Bertz CT molecular complexity index is 493. The van der Waals surface area contributed by atoms with Crippen LogP contribution < -0.4 is 4.74 Å². The first-order chi connectivity index (χ1) is 11.3. The van der Waals surface area contributed by atoms with Crippen molar-refractivity contribution in [1.82, 2.24) is 0 Å². The molecule has 0 saturated heterocycles. The average Bonchev–Trinajstić information content (AvgIpc) is 2.60. The minimum atomic E-state index is 0.868. The van der Waals surface area contributed by atoms with Crippen molar-refractivity contribution < 1.29 is 4.74 Å². The maximum Gasteiger partial charge on any atom is 0.118 e. The highest BCUT2D eigenvalue weighted by Gasteiger charge is 1.92. The third kappa shape index (κ3) is 10.1. The molecule has 2 aromatic carbocycles. The molecule has 0 bridgehead atoms. The van der Waals surface area contributed by atoms with E-state index in [9.17, 15) is 0 Å². The molecule has 0 saturated carbocycles. The molecule has 1 nitrogen and oxygen atoms in total. The molecule has 0 aromatic heterocycles. The summed E-state index contributed by atoms with van der Waals surface area (Å²) in [6.07, 6.45) is 9.60. The molecule has 2 rings (SSSR count). The Morgan fingerprint density at radius 1 is 0.783 bits per heavy atom. The van der Waals surface area contributed by atoms with Gasteiger partial charge in [0, 0.05) is 4.90 Å². The molecule has 0 heterocycles. The highest BCUT2D eigenvalue weighted by Crippen LogP contribution is 2.13. The Morgan fingerprint density at radius 3 is 2.00 bits per heavy atom. The number of methoxy groups -OCH3 is 1. The Kier molecular flexibility index (Phi) is 11.2. The Morgan fingerprint density at radius 2 is 1.39 bits per heavy atom. The van der Waals surface area contributed by atoms with Crippen LogP contribution >= 0.6 is 12.6 Å². The van der Waals surface area contributed by atoms with Gasteiger partial charge in [-0.05, 0) is 42.7 Å². The molecule has 0 aliphatic carbocycles. The van der Waals surface area contributed by atoms with Crippen molar-refractivity contribution in [3.63, 3.8) is 0 Å². The van der Waals surface area contributed by atoms with E-state index in [0.717, 1.165) is 10.6 Å². The van der Waals surface area contributed by atoms with Crippen molar-refractivity contribution in [1.29, 1.82) is 0 Å². The number of rotatable bonds is 8. The fourth-order valence-electron chi connectivity index (χ4n) is 2.34. The van der Waals surface area contributed by atoms with Crippen molar-refractivity contribution in [3.05, 3.63) is 60.2 Å². The zero-order chi connectivity index (χ0) is 16.8. The highest BCUT2D eigenvalue weighted by atomic mass is 32.1. The van der Waals surface area contributed by atoms with Crippen molar-refractivity contribution in [2.75, 3.05) is 7.11 Å². The second-order valence-electron chi connectivity index (χ2n) is 5.70. The van der Waals surface area contributed by atoms with Crippen LogP contribution in [0, 0.1) is 0 Å². The van der Waals surface area contributed by atoms with Gasteiger partial charge in [0.05, 0.1) is 7.11 Å². The normalized spacial score (nSPS) is 9.87. The van der Waals surface area contributed by atoms with Gasteiger partial charge in [-0.15, -0.1) is 12.6 Å². The number of aryl methyl sites for hydroxylation is 1. The van der Waals surface area contributed by atoms with Gasteiger partial charge >= 0.3 is 0 Å². The van der Waals surface area contributed by atoms with Gasteiger partial charge in [-0.2, -0.15) is 0 Å². The summed E-state index contributed by atoms with van der Waals surface area (Å²) in [4.78, 5) is 0.954. The monoisotopic (exact) mass is 330 g/mol. The first-order valence-electron chi connectivity index (χ1n) is 8.63. The predicted octanol–water partition coefficient (Wildman–Crippen LogP) is 6.57. The van der Waals surface area contributed by atoms with Crippen LogP contribution in [0.1, 0.15) is 51.0 Å². The molecule has 126 valence electrons. The smallest absolute Gasteiger partial charge is 0.118 e. The van der Waals surface area contributed by atoms with E-state index in [1.807, 2.05) is 24.3 Å². The molecule has 0 radical (unpaired) electrons. The van der Waals surface area contributed by atoms with Crippen LogP contribution in [0.2, 0.25) is 0 Å². The Hall–Kier alpha value is -1.41. The van der Waals surface area contributed by atoms with E-state index in [-0.39, 0.29) is 0 Å². The molecule has 23 heavy (non-hydrogen) atoms. The van der Waals surface area contributed by atoms with Crippen LogP contribution in [-0.2, 0) is 6.42 Å². The van der Waals surface area contributed by atoms with Crippen molar-refractivity contribution in [2.24, 2.45) is 0 Å². The summed E-state index contributed by atoms with van der Waals surface area (Å²) < 4.78 is 4.94. The maximum atomic E-state index is 4.94. The van der Waals surface area contributed by atoms with E-state index in [1.54, 1.807) is 7.11 Å². The number of thiol groups is 1. The zero-order valence-electron chi connectivity index (χ0n) is 14.5. The number of hydrogen-bond acceptors (Lipinski definition) is 2. The van der Waals surface area contributed by atoms with E-state index >= 15 is 0 Å². The molecule has 0 aliphatic rings. The summed E-state index contributed by atoms with van der Waals surface area (Å²) in [5.41, 5.74) is 1.49. The lowest BCUT2D eigenvalue weighted by Gasteiger charge is -2.01. The summed E-state index contributed by atoms with van der Waals surface area (Å²) in [5, 5.41) is 0. The first-order valence-corrected chi connectivity index (χ1v) is 9.08. The average molecular weight is 331 g/mol. The van der Waals surface area contributed by atoms with Crippen LogP contribution in [0.3, 0.4) is 0 Å². The lowest BCUT2D eigenvalue weighted by molar-refractivity contribution is 0.414. The topological polar surface area (TPSA) is 9.23 Å². The van der Waals surface area contributed by atoms with Crippen molar-refractivity contribution in [2.45, 2.75) is 56.8 Å². The fourth-order valence-corrected chi connectivity index (χ4v) is 2.49. The van der Waals surface area contributed by atoms with E-state index in [1.165, 1.54) is 50.5 Å². The van der Waals surface area contributed by atoms with Gasteiger partial charge in [0.25, 0.3) is 0 Å². The molecule has 2 heteroatoms. The van der Waals surface area contributed by atoms with Gasteiger partial charge in [0.15, 0.2) is 0 Å². The van der Waals surface area contributed by atoms with Crippen molar-refractivity contribution in [3.8, 4) is 5.75 Å². The van der Waals surface area contributed by atoms with Crippen LogP contribution in [0.5, 0.6) is 5.75 Å². The standard InChI is InChI=1S/C14H22.C7H8OS/c1-2-3-4-5-6-8-11-14-12-9-7-10-13-14;1-8-6-2-4-7(9)5-3-6/h7,9-10,12-13H,2-6,8,11H2,1H3;2-5,9H,1H3. The van der Waals surface area contributed by atoms with Gasteiger partial charge < -0.3 is 4.74 Å². The molecule has 0 amide bonds. The zero-order valence-corrected chi connectivity index (χ0v) is 15.4. The third-order valence-electron chi connectivity index (χ3n) is 3.73. The lowest BCUT2D eigenvalue weighted by atomic mass is 10.1. The minimum absolute atomic E-state index is 0.868. The lowest BCUT2D eigenvalue weighted by Crippen LogP contribution is -1.85. The molecular weight excluding hydrogens is 300 g/mol. The molecule has 2 aromatic rings. The van der Waals surface area contributed by atoms with E-state index in [0.29, 0.717) is 0 Å². The molecule has 0 atom stereocenters. The van der Waals surface area contributed by atoms with Gasteiger partial charge in [-0.1, -0.05) is 69.4 Å². The van der Waals surface area contributed by atoms with Gasteiger partial charge in [-0.25, -0.2) is 0 Å². The SMILES string of the molecule is CCCCCCCCc1ccccc1.COc1ccc(S)cc1. The summed E-state index contributed by atoms with van der Waals surface area (Å²) in [6, 6.07) is 18.3. The van der Waals surface area contributed by atoms with E-state index in [2.05, 4.69) is 49.9 Å². The second kappa shape index (κ2) is 13.1. The summed E-state index contributed by atoms with van der Waals surface area (Å²) >= 11 is 4.11. The van der Waals surface area contributed by atoms with Crippen LogP contribution in [-0.4, -0.2) is 7.11 Å².